The van der Waals surface area contributed by atoms with E-state index in [-0.39, 0.29) is 0 Å². The quantitative estimate of drug-likeness (QED) is 0.0997. The number of fused-ring (bicyclic) bond motifs is 3. The predicted molar refractivity (Wildman–Crippen MR) is 169 cm³/mol. The van der Waals surface area contributed by atoms with Crippen LogP contribution < -0.4 is 16.0 Å². The number of pyridine rings is 2. The van der Waals surface area contributed by atoms with Crippen molar-refractivity contribution >= 4 is 39.1 Å². The van der Waals surface area contributed by atoms with E-state index in [1.54, 1.807) is 6.20 Å². The number of rotatable bonds is 13. The lowest BCUT2D eigenvalue weighted by molar-refractivity contribution is 0.587. The zero-order chi connectivity index (χ0) is 28.6. The number of aromatic amines is 1. The van der Waals surface area contributed by atoms with Crippen molar-refractivity contribution < 1.29 is 0 Å². The first-order valence-corrected chi connectivity index (χ1v) is 14.5. The minimum Gasteiger partial charge on any atom is -0.368 e. The fraction of sp³-hybridized carbons (Fsp3) is 0.219. The van der Waals surface area contributed by atoms with Gasteiger partial charge in [0, 0.05) is 64.3 Å². The number of anilines is 1. The molecule has 9 nitrogen and oxygen atoms in total. The van der Waals surface area contributed by atoms with Gasteiger partial charge in [0.25, 0.3) is 0 Å². The van der Waals surface area contributed by atoms with E-state index in [1.807, 2.05) is 48.7 Å². The maximum Gasteiger partial charge on any atom is 0.204 e. The van der Waals surface area contributed by atoms with E-state index in [0.29, 0.717) is 5.82 Å². The average Bonchev–Trinajstić information content (AvgIpc) is 3.57. The molecular weight excluding hydrogens is 546 g/mol. The number of unbranched alkanes of at least 4 members (excludes halogenated alkanes) is 1. The largest absolute Gasteiger partial charge is 0.368 e. The molecule has 3 aromatic carbocycles. The van der Waals surface area contributed by atoms with Gasteiger partial charge >= 0.3 is 0 Å². The minimum atomic E-state index is 0.542. The van der Waals surface area contributed by atoms with Gasteiger partial charge in [-0.05, 0) is 60.5 Å². The van der Waals surface area contributed by atoms with Crippen LogP contribution in [0.5, 0.6) is 0 Å². The highest BCUT2D eigenvalue weighted by Crippen LogP contribution is 2.31. The van der Waals surface area contributed by atoms with Crippen molar-refractivity contribution in [2.45, 2.75) is 19.4 Å². The molecule has 0 fully saturated rings. The van der Waals surface area contributed by atoms with Gasteiger partial charge in [-0.3, -0.25) is 4.98 Å². The Morgan fingerprint density at radius 2 is 1.64 bits per heavy atom. The maximum absolute atomic E-state index is 6.55. The number of tetrazole rings is 1. The van der Waals surface area contributed by atoms with E-state index >= 15 is 0 Å². The summed E-state index contributed by atoms with van der Waals surface area (Å²) < 4.78 is 0. The molecule has 0 aliphatic heterocycles. The third-order valence-electron chi connectivity index (χ3n) is 7.20. The second-order valence-corrected chi connectivity index (χ2v) is 10.5. The number of hydrogen-bond acceptors (Lipinski definition) is 8. The average molecular weight is 578 g/mol. The van der Waals surface area contributed by atoms with Crippen LogP contribution >= 0.6 is 11.6 Å². The van der Waals surface area contributed by atoms with Gasteiger partial charge in [-0.1, -0.05) is 66.2 Å². The molecule has 0 amide bonds. The summed E-state index contributed by atoms with van der Waals surface area (Å²) in [5.74, 6) is 1.38. The van der Waals surface area contributed by atoms with Crippen LogP contribution in [0.15, 0.2) is 85.2 Å². The van der Waals surface area contributed by atoms with E-state index in [0.717, 1.165) is 94.8 Å². The fourth-order valence-corrected chi connectivity index (χ4v) is 5.37. The Kier molecular flexibility index (Phi) is 8.90. The van der Waals surface area contributed by atoms with Crippen molar-refractivity contribution in [3.63, 3.8) is 0 Å². The molecule has 3 heterocycles. The molecule has 0 unspecified atom stereocenters. The van der Waals surface area contributed by atoms with Gasteiger partial charge < -0.3 is 16.0 Å². The molecule has 42 heavy (non-hydrogen) atoms. The topological polar surface area (TPSA) is 116 Å². The highest BCUT2D eigenvalue weighted by Gasteiger charge is 2.11. The Balaban J connectivity index is 0.935. The van der Waals surface area contributed by atoms with Crippen molar-refractivity contribution in [1.29, 1.82) is 0 Å². The van der Waals surface area contributed by atoms with Crippen molar-refractivity contribution in [2.75, 3.05) is 31.5 Å². The van der Waals surface area contributed by atoms with Crippen LogP contribution in [0.4, 0.5) is 5.82 Å². The second-order valence-electron chi connectivity index (χ2n) is 10.1. The molecule has 0 saturated heterocycles. The first-order valence-electron chi connectivity index (χ1n) is 14.2. The number of aromatic nitrogens is 6. The van der Waals surface area contributed by atoms with Gasteiger partial charge in [-0.2, -0.15) is 5.21 Å². The van der Waals surface area contributed by atoms with E-state index in [9.17, 15) is 0 Å². The van der Waals surface area contributed by atoms with Gasteiger partial charge in [0.1, 0.15) is 5.82 Å². The predicted octanol–water partition coefficient (Wildman–Crippen LogP) is 5.86. The molecule has 0 atom stereocenters. The number of halogens is 1. The lowest BCUT2D eigenvalue weighted by Gasteiger charge is -2.12. The molecule has 0 radical (unpaired) electrons. The van der Waals surface area contributed by atoms with Gasteiger partial charge in [-0.15, -0.1) is 10.2 Å². The monoisotopic (exact) mass is 577 g/mol. The number of nitrogens with zero attached hydrogens (tertiary/aromatic N) is 5. The Hall–Kier alpha value is -4.44. The summed E-state index contributed by atoms with van der Waals surface area (Å²) in [7, 11) is 0. The summed E-state index contributed by atoms with van der Waals surface area (Å²) in [6.45, 7) is 4.34. The zero-order valence-corrected chi connectivity index (χ0v) is 23.9. The first kappa shape index (κ1) is 27.7. The molecule has 6 aromatic rings. The van der Waals surface area contributed by atoms with Gasteiger partial charge in [0.15, 0.2) is 0 Å². The molecule has 0 spiro atoms. The van der Waals surface area contributed by atoms with Crippen LogP contribution in [0, 0.1) is 0 Å². The SMILES string of the molecule is Clc1cc(CNCCCCNCCNc2nc3cc(-c4nn[nH]n4)ccc3c3cnccc23)ccc1-c1ccccc1. The van der Waals surface area contributed by atoms with E-state index in [1.165, 1.54) is 5.56 Å². The van der Waals surface area contributed by atoms with Crippen LogP contribution in [0.3, 0.4) is 0 Å². The molecule has 0 bridgehead atoms. The molecule has 0 saturated carbocycles. The molecule has 3 aromatic heterocycles. The maximum atomic E-state index is 6.55. The lowest BCUT2D eigenvalue weighted by atomic mass is 10.0. The molecule has 6 rings (SSSR count). The number of nitrogens with one attached hydrogen (secondary N) is 4. The van der Waals surface area contributed by atoms with Crippen LogP contribution in [0.1, 0.15) is 18.4 Å². The van der Waals surface area contributed by atoms with E-state index in [2.05, 4.69) is 71.9 Å². The number of H-pyrrole nitrogens is 1. The van der Waals surface area contributed by atoms with Crippen molar-refractivity contribution in [3.8, 4) is 22.5 Å². The van der Waals surface area contributed by atoms with E-state index < -0.39 is 0 Å². The Labute approximate surface area is 249 Å². The van der Waals surface area contributed by atoms with Crippen LogP contribution in [0.2, 0.25) is 5.02 Å². The van der Waals surface area contributed by atoms with Gasteiger partial charge in [0.05, 0.1) is 5.52 Å². The summed E-state index contributed by atoms with van der Waals surface area (Å²) in [4.78, 5) is 9.27. The molecule has 0 aliphatic rings. The normalized spacial score (nSPS) is 11.4. The van der Waals surface area contributed by atoms with Crippen molar-refractivity contribution in [2.24, 2.45) is 0 Å². The van der Waals surface area contributed by atoms with E-state index in [4.69, 9.17) is 16.6 Å². The smallest absolute Gasteiger partial charge is 0.204 e. The highest BCUT2D eigenvalue weighted by molar-refractivity contribution is 6.33. The van der Waals surface area contributed by atoms with Gasteiger partial charge in [-0.25, -0.2) is 4.98 Å². The summed E-state index contributed by atoms with van der Waals surface area (Å²) in [5.41, 5.74) is 5.12. The van der Waals surface area contributed by atoms with Gasteiger partial charge in [0.2, 0.25) is 5.82 Å². The molecule has 0 aliphatic carbocycles. The molecular formula is C32H32ClN9. The number of benzene rings is 3. The second kappa shape index (κ2) is 13.5. The third-order valence-corrected chi connectivity index (χ3v) is 7.51. The lowest BCUT2D eigenvalue weighted by Crippen LogP contribution is -2.24. The summed E-state index contributed by atoms with van der Waals surface area (Å²) in [6, 6.07) is 24.6. The Morgan fingerprint density at radius 1 is 0.762 bits per heavy atom. The summed E-state index contributed by atoms with van der Waals surface area (Å²) in [5, 5.41) is 28.8. The summed E-state index contributed by atoms with van der Waals surface area (Å²) >= 11 is 6.55. The molecule has 212 valence electrons. The van der Waals surface area contributed by atoms with Crippen molar-refractivity contribution in [3.05, 3.63) is 95.8 Å². The number of hydrogen-bond donors (Lipinski definition) is 4. The highest BCUT2D eigenvalue weighted by atomic mass is 35.5. The standard InChI is InChI=1S/C32H32ClN9/c33-29-18-22(8-10-25(29)23-6-2-1-3-7-23)20-35-14-5-4-13-34-16-17-37-32-27-12-15-36-21-28(27)26-11-9-24(19-30(26)38-32)31-39-41-42-40-31/h1-3,6-12,15,18-19,21,34-35H,4-5,13-14,16-17,20H2,(H,37,38)(H,39,40,41,42). The molecule has 10 heteroatoms. The summed E-state index contributed by atoms with van der Waals surface area (Å²) in [6.07, 6.45) is 5.89. The zero-order valence-electron chi connectivity index (χ0n) is 23.1. The minimum absolute atomic E-state index is 0.542. The van der Waals surface area contributed by atoms with Crippen LogP contribution in [-0.2, 0) is 6.54 Å². The van der Waals surface area contributed by atoms with Crippen molar-refractivity contribution in [1.82, 2.24) is 41.2 Å². The molecule has 4 N–H and O–H groups in total. The third kappa shape index (κ3) is 6.54. The Bertz CT molecular complexity index is 1760. The van der Waals surface area contributed by atoms with Crippen LogP contribution in [-0.4, -0.2) is 56.8 Å². The Morgan fingerprint density at radius 3 is 2.48 bits per heavy atom. The first-order chi connectivity index (χ1) is 20.8. The fourth-order valence-electron chi connectivity index (χ4n) is 5.05. The van der Waals surface area contributed by atoms with Crippen LogP contribution in [0.25, 0.3) is 44.2 Å².